The summed E-state index contributed by atoms with van der Waals surface area (Å²) < 4.78 is 0. The van der Waals surface area contributed by atoms with Gasteiger partial charge in [-0.15, -0.1) is 0 Å². The summed E-state index contributed by atoms with van der Waals surface area (Å²) in [6.07, 6.45) is 0.544. The second-order valence-electron chi connectivity index (χ2n) is 6.08. The molecule has 1 saturated heterocycles. The first-order chi connectivity index (χ1) is 9.93. The number of carbonyl (C=O) groups is 1. The summed E-state index contributed by atoms with van der Waals surface area (Å²) in [4.78, 5) is 16.6. The fourth-order valence-electron chi connectivity index (χ4n) is 2.81. The molecule has 1 aliphatic heterocycles. The van der Waals surface area contributed by atoms with Crippen LogP contribution in [0.15, 0.2) is 30.3 Å². The van der Waals surface area contributed by atoms with E-state index in [1.54, 1.807) is 0 Å². The molecule has 0 aliphatic carbocycles. The summed E-state index contributed by atoms with van der Waals surface area (Å²) in [6, 6.07) is 9.95. The predicted octanol–water partition coefficient (Wildman–Crippen LogP) is 0.352. The minimum atomic E-state index is -1.09. The highest BCUT2D eigenvalue weighted by Crippen LogP contribution is 2.23. The van der Waals surface area contributed by atoms with Crippen molar-refractivity contribution in [2.75, 3.05) is 33.2 Å². The number of likely N-dealkylation sites (N-methyl/N-ethyl adjacent to an activating group) is 1. The summed E-state index contributed by atoms with van der Waals surface area (Å²) in [7, 11) is 2.14. The van der Waals surface area contributed by atoms with Crippen LogP contribution < -0.4 is 11.5 Å². The minimum absolute atomic E-state index is 0.462. The zero-order valence-corrected chi connectivity index (χ0v) is 13.0. The van der Waals surface area contributed by atoms with E-state index < -0.39 is 11.4 Å². The third-order valence-corrected chi connectivity index (χ3v) is 4.59. The van der Waals surface area contributed by atoms with Crippen molar-refractivity contribution in [3.8, 4) is 0 Å². The molecule has 5 nitrogen and oxygen atoms in total. The molecule has 1 fully saturated rings. The van der Waals surface area contributed by atoms with Gasteiger partial charge >= 0.3 is 0 Å². The van der Waals surface area contributed by atoms with Crippen LogP contribution in [0.1, 0.15) is 18.9 Å². The van der Waals surface area contributed by atoms with Gasteiger partial charge in [-0.2, -0.15) is 0 Å². The van der Waals surface area contributed by atoms with Crippen molar-refractivity contribution in [3.63, 3.8) is 0 Å². The molecule has 0 aromatic heterocycles. The van der Waals surface area contributed by atoms with Gasteiger partial charge in [0.15, 0.2) is 0 Å². The first-order valence-electron chi connectivity index (χ1n) is 7.50. The Bertz CT molecular complexity index is 478. The first-order valence-corrected chi connectivity index (χ1v) is 7.50. The van der Waals surface area contributed by atoms with Crippen LogP contribution in [-0.2, 0) is 10.3 Å². The molecule has 1 aliphatic rings. The molecule has 116 valence electrons. The van der Waals surface area contributed by atoms with Gasteiger partial charge in [0, 0.05) is 32.2 Å². The zero-order valence-electron chi connectivity index (χ0n) is 13.0. The largest absolute Gasteiger partial charge is 0.368 e. The maximum Gasteiger partial charge on any atom is 0.242 e. The maximum absolute atomic E-state index is 11.9. The van der Waals surface area contributed by atoms with Crippen molar-refractivity contribution in [1.82, 2.24) is 9.80 Å². The number of hydrogen-bond donors (Lipinski definition) is 2. The van der Waals surface area contributed by atoms with E-state index in [9.17, 15) is 4.79 Å². The van der Waals surface area contributed by atoms with E-state index in [-0.39, 0.29) is 0 Å². The summed E-state index contributed by atoms with van der Waals surface area (Å²) >= 11 is 0. The van der Waals surface area contributed by atoms with E-state index in [2.05, 4.69) is 23.8 Å². The Balaban J connectivity index is 2.03. The molecular weight excluding hydrogens is 264 g/mol. The second-order valence-corrected chi connectivity index (χ2v) is 6.08. The Morgan fingerprint density at radius 1 is 1.33 bits per heavy atom. The van der Waals surface area contributed by atoms with Crippen LogP contribution in [0.2, 0.25) is 0 Å². The van der Waals surface area contributed by atoms with Gasteiger partial charge in [-0.3, -0.25) is 4.79 Å². The van der Waals surface area contributed by atoms with Crippen LogP contribution in [0.5, 0.6) is 0 Å². The average Bonchev–Trinajstić information content (AvgIpc) is 2.49. The van der Waals surface area contributed by atoms with Crippen LogP contribution in [0.25, 0.3) is 0 Å². The number of hydrogen-bond acceptors (Lipinski definition) is 4. The molecule has 5 heteroatoms. The Hall–Kier alpha value is -1.43. The van der Waals surface area contributed by atoms with Crippen molar-refractivity contribution in [2.45, 2.75) is 24.9 Å². The Kier molecular flexibility index (Phi) is 4.98. The highest BCUT2D eigenvalue weighted by atomic mass is 16.1. The number of primary amides is 1. The minimum Gasteiger partial charge on any atom is -0.368 e. The molecule has 1 aromatic rings. The molecular formula is C16H26N4O. The molecule has 0 radical (unpaired) electrons. The lowest BCUT2D eigenvalue weighted by molar-refractivity contribution is -0.123. The summed E-state index contributed by atoms with van der Waals surface area (Å²) in [6.45, 7) is 6.05. The van der Waals surface area contributed by atoms with E-state index in [0.717, 1.165) is 31.7 Å². The fourth-order valence-corrected chi connectivity index (χ4v) is 2.81. The number of piperazine rings is 1. The summed E-state index contributed by atoms with van der Waals surface area (Å²) in [5.74, 6) is -0.462. The van der Waals surface area contributed by atoms with Crippen molar-refractivity contribution < 1.29 is 4.79 Å². The molecule has 0 saturated carbocycles. The van der Waals surface area contributed by atoms with Crippen LogP contribution in [0, 0.1) is 0 Å². The van der Waals surface area contributed by atoms with Gasteiger partial charge in [-0.05, 0) is 26.0 Å². The first kappa shape index (κ1) is 15.9. The zero-order chi connectivity index (χ0) is 15.5. The third kappa shape index (κ3) is 3.61. The third-order valence-electron chi connectivity index (χ3n) is 4.59. The lowest BCUT2D eigenvalue weighted by Crippen LogP contribution is -2.54. The van der Waals surface area contributed by atoms with E-state index in [4.69, 9.17) is 11.5 Å². The average molecular weight is 290 g/mol. The molecule has 0 bridgehead atoms. The van der Waals surface area contributed by atoms with Crippen LogP contribution in [0.3, 0.4) is 0 Å². The van der Waals surface area contributed by atoms with Gasteiger partial charge in [0.1, 0.15) is 5.54 Å². The Morgan fingerprint density at radius 3 is 2.57 bits per heavy atom. The van der Waals surface area contributed by atoms with Gasteiger partial charge in [0.25, 0.3) is 0 Å². The number of rotatable bonds is 5. The summed E-state index contributed by atoms with van der Waals surface area (Å²) in [5, 5.41) is 0. The topological polar surface area (TPSA) is 75.6 Å². The highest BCUT2D eigenvalue weighted by molar-refractivity contribution is 5.85. The number of amides is 1. The van der Waals surface area contributed by atoms with Gasteiger partial charge in [-0.25, -0.2) is 0 Å². The smallest absolute Gasteiger partial charge is 0.242 e. The van der Waals surface area contributed by atoms with Gasteiger partial charge < -0.3 is 21.3 Å². The van der Waals surface area contributed by atoms with Crippen molar-refractivity contribution in [2.24, 2.45) is 11.5 Å². The van der Waals surface area contributed by atoms with Crippen LogP contribution in [-0.4, -0.2) is 55.0 Å². The van der Waals surface area contributed by atoms with Crippen molar-refractivity contribution in [3.05, 3.63) is 35.9 Å². The standard InChI is InChI=1S/C16H26N4O/c1-13-12-20(11-10-19(13)2)9-8-16(18,15(17)21)14-6-4-3-5-7-14/h3-7,13H,8-12,18H2,1-2H3,(H2,17,21). The lowest BCUT2D eigenvalue weighted by atomic mass is 9.86. The molecule has 2 atom stereocenters. The molecule has 2 unspecified atom stereocenters. The normalized spacial score (nSPS) is 23.7. The van der Waals surface area contributed by atoms with E-state index in [0.29, 0.717) is 12.5 Å². The lowest BCUT2D eigenvalue weighted by Gasteiger charge is -2.39. The van der Waals surface area contributed by atoms with E-state index in [1.807, 2.05) is 30.3 Å². The molecule has 1 aromatic carbocycles. The van der Waals surface area contributed by atoms with Crippen LogP contribution >= 0.6 is 0 Å². The monoisotopic (exact) mass is 290 g/mol. The molecule has 1 amide bonds. The van der Waals surface area contributed by atoms with E-state index >= 15 is 0 Å². The Morgan fingerprint density at radius 2 is 2.00 bits per heavy atom. The molecule has 0 spiro atoms. The van der Waals surface area contributed by atoms with Crippen molar-refractivity contribution >= 4 is 5.91 Å². The number of carbonyl (C=O) groups excluding carboxylic acids is 1. The number of nitrogens with two attached hydrogens (primary N) is 2. The second kappa shape index (κ2) is 6.56. The van der Waals surface area contributed by atoms with Gasteiger partial charge in [0.2, 0.25) is 5.91 Å². The number of benzene rings is 1. The summed E-state index contributed by atoms with van der Waals surface area (Å²) in [5.41, 5.74) is 11.6. The van der Waals surface area contributed by atoms with Crippen LogP contribution in [0.4, 0.5) is 0 Å². The van der Waals surface area contributed by atoms with Crippen molar-refractivity contribution in [1.29, 1.82) is 0 Å². The van der Waals surface area contributed by atoms with Gasteiger partial charge in [-0.1, -0.05) is 30.3 Å². The molecule has 4 N–H and O–H groups in total. The fraction of sp³-hybridized carbons (Fsp3) is 0.562. The predicted molar refractivity (Wildman–Crippen MR) is 84.7 cm³/mol. The quantitative estimate of drug-likeness (QED) is 0.820. The maximum atomic E-state index is 11.9. The number of nitrogens with zero attached hydrogens (tertiary/aromatic N) is 2. The molecule has 2 rings (SSSR count). The highest BCUT2D eigenvalue weighted by Gasteiger charge is 2.34. The van der Waals surface area contributed by atoms with E-state index in [1.165, 1.54) is 0 Å². The Labute approximate surface area is 126 Å². The SMILES string of the molecule is CC1CN(CCC(N)(C(N)=O)c2ccccc2)CCN1C. The van der Waals surface area contributed by atoms with Gasteiger partial charge in [0.05, 0.1) is 0 Å². The molecule has 1 heterocycles. The molecule has 21 heavy (non-hydrogen) atoms.